The lowest BCUT2D eigenvalue weighted by Crippen LogP contribution is -2.41. The average molecular weight is 446 g/mol. The van der Waals surface area contributed by atoms with Crippen LogP contribution in [0.3, 0.4) is 0 Å². The van der Waals surface area contributed by atoms with Crippen molar-refractivity contribution >= 4 is 35.3 Å². The fourth-order valence-electron chi connectivity index (χ4n) is 4.08. The molecule has 0 aliphatic carbocycles. The van der Waals surface area contributed by atoms with Crippen LogP contribution in [0.2, 0.25) is 0 Å². The van der Waals surface area contributed by atoms with Crippen LogP contribution in [-0.2, 0) is 22.4 Å². The first-order chi connectivity index (χ1) is 15.6. The molecule has 0 radical (unpaired) electrons. The van der Waals surface area contributed by atoms with Crippen LogP contribution < -0.4 is 11.2 Å². The van der Waals surface area contributed by atoms with Crippen LogP contribution in [0.5, 0.6) is 0 Å². The van der Waals surface area contributed by atoms with Crippen LogP contribution in [0.15, 0.2) is 42.5 Å². The Morgan fingerprint density at radius 1 is 0.970 bits per heavy atom. The number of aromatic nitrogens is 2. The molecule has 1 amide bonds. The maximum absolute atomic E-state index is 13.4. The molecule has 1 fully saturated rings. The molecule has 0 atom stereocenters. The minimum atomic E-state index is -0.536. The number of nitrogens with zero attached hydrogens (tertiary/aromatic N) is 3. The molecule has 0 bridgehead atoms. The summed E-state index contributed by atoms with van der Waals surface area (Å²) in [6, 6.07) is 13.7. The number of nitrogens with two attached hydrogens (primary N) is 1. The van der Waals surface area contributed by atoms with E-state index in [1.54, 1.807) is 4.90 Å². The van der Waals surface area contributed by atoms with Crippen molar-refractivity contribution in [3.05, 3.63) is 59.3 Å². The van der Waals surface area contributed by atoms with E-state index in [4.69, 9.17) is 15.0 Å². The van der Waals surface area contributed by atoms with Gasteiger partial charge in [0.1, 0.15) is 5.69 Å². The van der Waals surface area contributed by atoms with Crippen molar-refractivity contribution < 1.29 is 14.1 Å². The number of rotatable bonds is 2. The largest absolute Gasteiger partial charge is 0.494 e. The van der Waals surface area contributed by atoms with Crippen molar-refractivity contribution in [3.63, 3.8) is 0 Å². The van der Waals surface area contributed by atoms with Gasteiger partial charge in [0.05, 0.1) is 16.7 Å². The summed E-state index contributed by atoms with van der Waals surface area (Å²) in [5, 5.41) is 0.641. The molecule has 3 aromatic rings. The van der Waals surface area contributed by atoms with Crippen molar-refractivity contribution in [2.24, 2.45) is 0 Å². The van der Waals surface area contributed by atoms with Gasteiger partial charge < -0.3 is 19.9 Å². The van der Waals surface area contributed by atoms with Gasteiger partial charge in [-0.15, -0.1) is 0 Å². The predicted octanol–water partition coefficient (Wildman–Crippen LogP) is 3.69. The second-order valence-corrected chi connectivity index (χ2v) is 9.23. The van der Waals surface area contributed by atoms with Gasteiger partial charge in [-0.3, -0.25) is 4.79 Å². The van der Waals surface area contributed by atoms with E-state index in [0.29, 0.717) is 29.7 Å². The SMILES string of the molecule is CC.CC1(C)OB(c2ccc3nc(N)nc(C(=O)N4Cc5ccccc5C4)c3c2)OC1(C)C. The molecule has 1 aromatic heterocycles. The zero-order chi connectivity index (χ0) is 24.0. The van der Waals surface area contributed by atoms with Crippen molar-refractivity contribution in [2.45, 2.75) is 65.8 Å². The third-order valence-corrected chi connectivity index (χ3v) is 6.59. The average Bonchev–Trinajstić information content (AvgIpc) is 3.31. The standard InChI is InChI=1S/C23H25BN4O3.C2H6/c1-22(2)23(3,4)31-24(30-22)16-9-10-18-17(11-16)19(27-21(25)26-18)20(29)28-12-14-7-5-6-8-15(14)13-28;1-2/h5-11H,12-13H2,1-4H3,(H2,25,26,27);1-2H3. The summed E-state index contributed by atoms with van der Waals surface area (Å²) in [5.41, 5.74) is 9.07. The van der Waals surface area contributed by atoms with Gasteiger partial charge in [0.15, 0.2) is 0 Å². The van der Waals surface area contributed by atoms with Crippen molar-refractivity contribution in [1.29, 1.82) is 0 Å². The number of carbonyl (C=O) groups is 1. The number of nitrogen functional groups attached to an aromatic ring is 1. The van der Waals surface area contributed by atoms with Gasteiger partial charge in [0, 0.05) is 18.5 Å². The molecule has 8 heteroatoms. The third kappa shape index (κ3) is 4.09. The maximum atomic E-state index is 13.4. The Bertz CT molecular complexity index is 1170. The van der Waals surface area contributed by atoms with E-state index >= 15 is 0 Å². The van der Waals surface area contributed by atoms with Gasteiger partial charge in [-0.2, -0.15) is 0 Å². The molecule has 2 aliphatic rings. The van der Waals surface area contributed by atoms with Crippen LogP contribution >= 0.6 is 0 Å². The maximum Gasteiger partial charge on any atom is 0.494 e. The second-order valence-electron chi connectivity index (χ2n) is 9.23. The Hall–Kier alpha value is -2.97. The minimum absolute atomic E-state index is 0.0796. The topological polar surface area (TPSA) is 90.6 Å². The quantitative estimate of drug-likeness (QED) is 0.604. The lowest BCUT2D eigenvalue weighted by molar-refractivity contribution is 0.00578. The monoisotopic (exact) mass is 446 g/mol. The fraction of sp³-hybridized carbons (Fsp3) is 0.400. The normalized spacial score (nSPS) is 18.1. The van der Waals surface area contributed by atoms with E-state index < -0.39 is 18.3 Å². The Balaban J connectivity index is 0.00000126. The summed E-state index contributed by atoms with van der Waals surface area (Å²) >= 11 is 0. The Kier molecular flexibility index (Phi) is 5.93. The number of anilines is 1. The smallest absolute Gasteiger partial charge is 0.399 e. The lowest BCUT2D eigenvalue weighted by Gasteiger charge is -2.32. The molecule has 0 saturated carbocycles. The van der Waals surface area contributed by atoms with Crippen molar-refractivity contribution in [2.75, 3.05) is 5.73 Å². The van der Waals surface area contributed by atoms with E-state index in [9.17, 15) is 4.79 Å². The van der Waals surface area contributed by atoms with Gasteiger partial charge in [-0.05, 0) is 50.4 Å². The summed E-state index contributed by atoms with van der Waals surface area (Å²) in [4.78, 5) is 23.9. The molecule has 172 valence electrons. The van der Waals surface area contributed by atoms with Crippen molar-refractivity contribution in [1.82, 2.24) is 14.9 Å². The zero-order valence-electron chi connectivity index (χ0n) is 20.2. The van der Waals surface area contributed by atoms with Crippen LogP contribution in [0.1, 0.15) is 63.2 Å². The van der Waals surface area contributed by atoms with E-state index in [2.05, 4.69) is 9.97 Å². The summed E-state index contributed by atoms with van der Waals surface area (Å²) in [6.07, 6.45) is 0. The molecule has 2 aromatic carbocycles. The number of amides is 1. The second kappa shape index (κ2) is 8.43. The number of fused-ring (bicyclic) bond motifs is 2. The molecule has 2 aliphatic heterocycles. The molecular weight excluding hydrogens is 415 g/mol. The molecule has 1 saturated heterocycles. The van der Waals surface area contributed by atoms with E-state index in [-0.39, 0.29) is 11.9 Å². The number of carbonyl (C=O) groups excluding carboxylic acids is 1. The van der Waals surface area contributed by atoms with Crippen LogP contribution in [-0.4, -0.2) is 39.1 Å². The van der Waals surface area contributed by atoms with Gasteiger partial charge in [-0.1, -0.05) is 50.2 Å². The first kappa shape index (κ1) is 23.2. The minimum Gasteiger partial charge on any atom is -0.399 e. The summed E-state index contributed by atoms with van der Waals surface area (Å²) < 4.78 is 12.4. The van der Waals surface area contributed by atoms with E-state index in [0.717, 1.165) is 16.6 Å². The summed E-state index contributed by atoms with van der Waals surface area (Å²) in [5.74, 6) is -0.0858. The highest BCUT2D eigenvalue weighted by Crippen LogP contribution is 2.36. The van der Waals surface area contributed by atoms with Gasteiger partial charge in [-0.25, -0.2) is 9.97 Å². The van der Waals surface area contributed by atoms with Crippen LogP contribution in [0.25, 0.3) is 10.9 Å². The highest BCUT2D eigenvalue weighted by Gasteiger charge is 2.51. The Labute approximate surface area is 195 Å². The van der Waals surface area contributed by atoms with Crippen molar-refractivity contribution in [3.8, 4) is 0 Å². The molecule has 7 nitrogen and oxygen atoms in total. The molecule has 5 rings (SSSR count). The Morgan fingerprint density at radius 2 is 1.55 bits per heavy atom. The van der Waals surface area contributed by atoms with Gasteiger partial charge in [0.2, 0.25) is 5.95 Å². The predicted molar refractivity (Wildman–Crippen MR) is 131 cm³/mol. The molecule has 3 heterocycles. The number of benzene rings is 2. The summed E-state index contributed by atoms with van der Waals surface area (Å²) in [6.45, 7) is 13.2. The Morgan fingerprint density at radius 3 is 2.12 bits per heavy atom. The van der Waals surface area contributed by atoms with E-state index in [1.165, 1.54) is 0 Å². The first-order valence-corrected chi connectivity index (χ1v) is 11.4. The van der Waals surface area contributed by atoms with Gasteiger partial charge >= 0.3 is 7.12 Å². The molecule has 0 unspecified atom stereocenters. The number of hydrogen-bond acceptors (Lipinski definition) is 6. The molecule has 2 N–H and O–H groups in total. The molecule has 0 spiro atoms. The summed E-state index contributed by atoms with van der Waals surface area (Å²) in [7, 11) is -0.536. The highest BCUT2D eigenvalue weighted by molar-refractivity contribution is 6.62. The fourth-order valence-corrected chi connectivity index (χ4v) is 4.08. The van der Waals surface area contributed by atoms with E-state index in [1.807, 2.05) is 84.0 Å². The van der Waals surface area contributed by atoms with Gasteiger partial charge in [0.25, 0.3) is 5.91 Å². The molecule has 33 heavy (non-hydrogen) atoms. The van der Waals surface area contributed by atoms with Crippen LogP contribution in [0.4, 0.5) is 5.95 Å². The highest BCUT2D eigenvalue weighted by atomic mass is 16.7. The van der Waals surface area contributed by atoms with Crippen LogP contribution in [0, 0.1) is 0 Å². The third-order valence-electron chi connectivity index (χ3n) is 6.59. The lowest BCUT2D eigenvalue weighted by atomic mass is 9.78. The number of hydrogen-bond donors (Lipinski definition) is 1. The zero-order valence-corrected chi connectivity index (χ0v) is 20.2. The first-order valence-electron chi connectivity index (χ1n) is 11.4. The molecular formula is C25H31BN4O3.